The maximum atomic E-state index is 11.8. The molecule has 3 nitrogen and oxygen atoms in total. The first kappa shape index (κ1) is 13.7. The standard InChI is InChI=1S/C11H16BrNO2S/c1-8(9(2)12)10-6-4-5-7-11(10)16(14,15)13-3/h4-9,13H,1-3H3. The van der Waals surface area contributed by atoms with Gasteiger partial charge in [-0.25, -0.2) is 13.1 Å². The van der Waals surface area contributed by atoms with Gasteiger partial charge in [0.15, 0.2) is 0 Å². The van der Waals surface area contributed by atoms with Crippen LogP contribution in [-0.4, -0.2) is 20.3 Å². The molecular weight excluding hydrogens is 290 g/mol. The molecule has 0 amide bonds. The molecule has 0 aliphatic rings. The van der Waals surface area contributed by atoms with Gasteiger partial charge in [-0.15, -0.1) is 0 Å². The molecule has 2 unspecified atom stereocenters. The molecule has 0 bridgehead atoms. The summed E-state index contributed by atoms with van der Waals surface area (Å²) >= 11 is 3.48. The van der Waals surface area contributed by atoms with Gasteiger partial charge in [0.25, 0.3) is 0 Å². The van der Waals surface area contributed by atoms with E-state index in [9.17, 15) is 8.42 Å². The molecular formula is C11H16BrNO2S. The topological polar surface area (TPSA) is 46.2 Å². The second-order valence-electron chi connectivity index (χ2n) is 3.71. The summed E-state index contributed by atoms with van der Waals surface area (Å²) in [5, 5.41) is 0. The van der Waals surface area contributed by atoms with Crippen LogP contribution in [0, 0.1) is 0 Å². The first-order valence-electron chi connectivity index (χ1n) is 5.06. The van der Waals surface area contributed by atoms with Crippen LogP contribution in [0.1, 0.15) is 25.3 Å². The van der Waals surface area contributed by atoms with Crippen molar-refractivity contribution in [2.24, 2.45) is 0 Å². The SMILES string of the molecule is CNS(=O)(=O)c1ccccc1C(C)C(C)Br. The lowest BCUT2D eigenvalue weighted by molar-refractivity contribution is 0.585. The van der Waals surface area contributed by atoms with Crippen LogP contribution in [0.4, 0.5) is 0 Å². The average Bonchev–Trinajstić information content (AvgIpc) is 2.28. The Balaban J connectivity index is 3.32. The van der Waals surface area contributed by atoms with E-state index in [1.54, 1.807) is 12.1 Å². The van der Waals surface area contributed by atoms with Crippen molar-refractivity contribution in [1.29, 1.82) is 0 Å². The van der Waals surface area contributed by atoms with E-state index in [1.807, 2.05) is 26.0 Å². The van der Waals surface area contributed by atoms with Gasteiger partial charge in [-0.2, -0.15) is 0 Å². The molecule has 0 aromatic heterocycles. The second kappa shape index (κ2) is 5.29. The highest BCUT2D eigenvalue weighted by molar-refractivity contribution is 9.09. The van der Waals surface area contributed by atoms with Crippen molar-refractivity contribution in [1.82, 2.24) is 4.72 Å². The highest BCUT2D eigenvalue weighted by Crippen LogP contribution is 2.29. The molecule has 0 radical (unpaired) electrons. The van der Waals surface area contributed by atoms with Crippen LogP contribution in [0.25, 0.3) is 0 Å². The summed E-state index contributed by atoms with van der Waals surface area (Å²) in [6, 6.07) is 7.08. The van der Waals surface area contributed by atoms with E-state index in [0.29, 0.717) is 4.90 Å². The molecule has 1 aromatic rings. The van der Waals surface area contributed by atoms with Crippen LogP contribution in [-0.2, 0) is 10.0 Å². The number of sulfonamides is 1. The Bertz CT molecular complexity index is 457. The molecule has 90 valence electrons. The molecule has 5 heteroatoms. The van der Waals surface area contributed by atoms with Crippen LogP contribution in [0.2, 0.25) is 0 Å². The number of halogens is 1. The Morgan fingerprint density at radius 3 is 2.31 bits per heavy atom. The van der Waals surface area contributed by atoms with Crippen molar-refractivity contribution in [3.63, 3.8) is 0 Å². The van der Waals surface area contributed by atoms with Gasteiger partial charge in [0.05, 0.1) is 4.90 Å². The fraction of sp³-hybridized carbons (Fsp3) is 0.455. The lowest BCUT2D eigenvalue weighted by Crippen LogP contribution is -2.21. The minimum Gasteiger partial charge on any atom is -0.214 e. The molecule has 0 saturated heterocycles. The molecule has 0 aliphatic carbocycles. The summed E-state index contributed by atoms with van der Waals surface area (Å²) in [6.07, 6.45) is 0. The number of hydrogen-bond donors (Lipinski definition) is 1. The van der Waals surface area contributed by atoms with Crippen LogP contribution >= 0.6 is 15.9 Å². The summed E-state index contributed by atoms with van der Waals surface area (Å²) < 4.78 is 26.0. The highest BCUT2D eigenvalue weighted by Gasteiger charge is 2.21. The number of nitrogens with one attached hydrogen (secondary N) is 1. The average molecular weight is 306 g/mol. The summed E-state index contributed by atoms with van der Waals surface area (Å²) in [7, 11) is -1.95. The molecule has 0 saturated carbocycles. The lowest BCUT2D eigenvalue weighted by atomic mass is 9.99. The van der Waals surface area contributed by atoms with E-state index in [0.717, 1.165) is 5.56 Å². The largest absolute Gasteiger partial charge is 0.240 e. The van der Waals surface area contributed by atoms with Crippen LogP contribution in [0.15, 0.2) is 29.2 Å². The zero-order valence-corrected chi connectivity index (χ0v) is 12.0. The molecule has 0 heterocycles. The summed E-state index contributed by atoms with van der Waals surface area (Å²) in [6.45, 7) is 4.01. The van der Waals surface area contributed by atoms with Gasteiger partial charge < -0.3 is 0 Å². The molecule has 1 rings (SSSR count). The zero-order valence-electron chi connectivity index (χ0n) is 9.57. The molecule has 1 aromatic carbocycles. The monoisotopic (exact) mass is 305 g/mol. The fourth-order valence-corrected chi connectivity index (χ4v) is 2.79. The van der Waals surface area contributed by atoms with Crippen LogP contribution in [0.5, 0.6) is 0 Å². The lowest BCUT2D eigenvalue weighted by Gasteiger charge is -2.18. The second-order valence-corrected chi connectivity index (χ2v) is 7.01. The van der Waals surface area contributed by atoms with Crippen molar-refractivity contribution in [2.45, 2.75) is 29.5 Å². The van der Waals surface area contributed by atoms with Gasteiger partial charge in [-0.05, 0) is 24.6 Å². The number of benzene rings is 1. The Morgan fingerprint density at radius 1 is 1.25 bits per heavy atom. The molecule has 2 atom stereocenters. The minimum absolute atomic E-state index is 0.138. The minimum atomic E-state index is -3.38. The van der Waals surface area contributed by atoms with E-state index in [4.69, 9.17) is 0 Å². The maximum absolute atomic E-state index is 11.8. The van der Waals surface area contributed by atoms with Crippen molar-refractivity contribution < 1.29 is 8.42 Å². The van der Waals surface area contributed by atoms with Crippen molar-refractivity contribution in [3.8, 4) is 0 Å². The molecule has 0 fully saturated rings. The van der Waals surface area contributed by atoms with Gasteiger partial charge in [-0.3, -0.25) is 0 Å². The van der Waals surface area contributed by atoms with Gasteiger partial charge in [0.1, 0.15) is 0 Å². The van der Waals surface area contributed by atoms with E-state index in [1.165, 1.54) is 7.05 Å². The fourth-order valence-electron chi connectivity index (χ4n) is 1.46. The Labute approximate surface area is 105 Å². The van der Waals surface area contributed by atoms with Crippen molar-refractivity contribution in [2.75, 3.05) is 7.05 Å². The van der Waals surface area contributed by atoms with E-state index in [2.05, 4.69) is 20.7 Å². The molecule has 16 heavy (non-hydrogen) atoms. The van der Waals surface area contributed by atoms with Crippen LogP contribution in [0.3, 0.4) is 0 Å². The predicted molar refractivity (Wildman–Crippen MR) is 69.5 cm³/mol. The summed E-state index contributed by atoms with van der Waals surface area (Å²) in [5.41, 5.74) is 0.834. The third-order valence-corrected chi connectivity index (χ3v) is 4.94. The first-order chi connectivity index (χ1) is 7.40. The zero-order chi connectivity index (χ0) is 12.3. The number of hydrogen-bond acceptors (Lipinski definition) is 2. The summed E-state index contributed by atoms with van der Waals surface area (Å²) in [4.78, 5) is 0.581. The summed E-state index contributed by atoms with van der Waals surface area (Å²) in [5.74, 6) is 0.138. The molecule has 0 spiro atoms. The van der Waals surface area contributed by atoms with Gasteiger partial charge in [-0.1, -0.05) is 48.0 Å². The van der Waals surface area contributed by atoms with E-state index in [-0.39, 0.29) is 10.7 Å². The highest BCUT2D eigenvalue weighted by atomic mass is 79.9. The Hall–Kier alpha value is -0.390. The van der Waals surface area contributed by atoms with Crippen molar-refractivity contribution >= 4 is 26.0 Å². The van der Waals surface area contributed by atoms with Gasteiger partial charge >= 0.3 is 0 Å². The quantitative estimate of drug-likeness (QED) is 0.869. The van der Waals surface area contributed by atoms with Crippen molar-refractivity contribution in [3.05, 3.63) is 29.8 Å². The number of rotatable bonds is 4. The van der Waals surface area contributed by atoms with Gasteiger partial charge in [0, 0.05) is 4.83 Å². The molecule has 1 N–H and O–H groups in total. The van der Waals surface area contributed by atoms with Gasteiger partial charge in [0.2, 0.25) is 10.0 Å². The van der Waals surface area contributed by atoms with E-state index < -0.39 is 10.0 Å². The first-order valence-corrected chi connectivity index (χ1v) is 7.46. The predicted octanol–water partition coefficient (Wildman–Crippen LogP) is 2.48. The third-order valence-electron chi connectivity index (χ3n) is 2.66. The van der Waals surface area contributed by atoms with E-state index >= 15 is 0 Å². The smallest absolute Gasteiger partial charge is 0.214 e. The van der Waals surface area contributed by atoms with Crippen LogP contribution < -0.4 is 4.72 Å². The Morgan fingerprint density at radius 2 is 1.81 bits per heavy atom. The Kier molecular flexibility index (Phi) is 4.52. The third kappa shape index (κ3) is 2.84. The maximum Gasteiger partial charge on any atom is 0.240 e. The number of alkyl halides is 1. The molecule has 0 aliphatic heterocycles. The normalized spacial score (nSPS) is 15.8.